The molecule has 2 aliphatic heterocycles. The van der Waals surface area contributed by atoms with Gasteiger partial charge < -0.3 is 14.7 Å². The van der Waals surface area contributed by atoms with Crippen LogP contribution in [0.2, 0.25) is 0 Å². The average Bonchev–Trinajstić information content (AvgIpc) is 3.46. The summed E-state index contributed by atoms with van der Waals surface area (Å²) in [5, 5.41) is 21.1. The fourth-order valence-corrected chi connectivity index (χ4v) is 7.64. The summed E-state index contributed by atoms with van der Waals surface area (Å²) in [6, 6.07) is 5.10. The van der Waals surface area contributed by atoms with Crippen LogP contribution in [-0.4, -0.2) is 63.0 Å². The fraction of sp³-hybridized carbons (Fsp3) is 0.375. The number of non-ortho nitro benzene ring substituents is 1. The van der Waals surface area contributed by atoms with E-state index < -0.39 is 44.7 Å². The standard InChI is InChI=1S/C24H24N4O8S2/c1-11-17(16-9-26-13(3)25-21(23(26)37-16)38(4,34)35)20(27-19(11)18(12(2)29)22(27)30)24(31)36-10-14-5-7-15(8-6-14)28(32)33/h5-9,11-12,18-19,29H,10H2,1-4H3/t11?,12-,18-,19-/m1/s1. The number of hydrogen-bond acceptors (Lipinski definition) is 10. The number of benzene rings is 1. The molecule has 1 amide bonds. The Bertz CT molecular complexity index is 1640. The molecule has 2 aromatic heterocycles. The van der Waals surface area contributed by atoms with Crippen molar-refractivity contribution in [3.63, 3.8) is 0 Å². The molecule has 0 spiro atoms. The highest BCUT2D eigenvalue weighted by molar-refractivity contribution is 7.91. The van der Waals surface area contributed by atoms with Gasteiger partial charge in [-0.05, 0) is 31.5 Å². The van der Waals surface area contributed by atoms with E-state index in [2.05, 4.69) is 4.98 Å². The summed E-state index contributed by atoms with van der Waals surface area (Å²) in [5.74, 6) is -1.75. The number of imidazole rings is 1. The van der Waals surface area contributed by atoms with E-state index in [4.69, 9.17) is 4.74 Å². The number of amides is 1. The zero-order valence-corrected chi connectivity index (χ0v) is 22.4. The van der Waals surface area contributed by atoms with Crippen LogP contribution in [0.5, 0.6) is 0 Å². The maximum atomic E-state index is 13.4. The minimum atomic E-state index is -3.62. The molecule has 4 heterocycles. The van der Waals surface area contributed by atoms with E-state index in [0.29, 0.717) is 26.7 Å². The number of nitrogens with zero attached hydrogens (tertiary/aromatic N) is 4. The van der Waals surface area contributed by atoms with Gasteiger partial charge in [-0.1, -0.05) is 6.92 Å². The summed E-state index contributed by atoms with van der Waals surface area (Å²) in [4.78, 5) is 43.3. The number of esters is 1. The molecule has 1 saturated heterocycles. The third kappa shape index (κ3) is 3.99. The minimum absolute atomic E-state index is 0.0438. The second kappa shape index (κ2) is 8.99. The number of aliphatic hydroxyl groups is 1. The Morgan fingerprint density at radius 3 is 2.55 bits per heavy atom. The van der Waals surface area contributed by atoms with Gasteiger partial charge in [0, 0.05) is 36.1 Å². The van der Waals surface area contributed by atoms with E-state index in [1.807, 2.05) is 6.92 Å². The van der Waals surface area contributed by atoms with Gasteiger partial charge in [-0.2, -0.15) is 0 Å². The van der Waals surface area contributed by atoms with Gasteiger partial charge in [0.25, 0.3) is 5.69 Å². The molecule has 1 N–H and O–H groups in total. The smallest absolute Gasteiger partial charge is 0.355 e. The van der Waals surface area contributed by atoms with E-state index in [1.54, 1.807) is 17.5 Å². The number of aliphatic hydroxyl groups excluding tert-OH is 1. The minimum Gasteiger partial charge on any atom is -0.456 e. The first kappa shape index (κ1) is 26.0. The molecule has 0 saturated carbocycles. The van der Waals surface area contributed by atoms with Crippen LogP contribution in [0.25, 0.3) is 10.4 Å². The number of carbonyl (C=O) groups is 2. The van der Waals surface area contributed by atoms with Gasteiger partial charge in [-0.15, -0.1) is 11.3 Å². The number of thiazole rings is 1. The Kier molecular flexibility index (Phi) is 6.16. The number of nitro benzene ring substituents is 1. The first-order valence-electron chi connectivity index (χ1n) is 11.7. The molecule has 0 bridgehead atoms. The van der Waals surface area contributed by atoms with Crippen molar-refractivity contribution in [2.75, 3.05) is 6.26 Å². The van der Waals surface area contributed by atoms with Gasteiger partial charge in [-0.25, -0.2) is 18.2 Å². The fourth-order valence-electron chi connectivity index (χ4n) is 5.17. The molecule has 3 aromatic rings. The van der Waals surface area contributed by atoms with Gasteiger partial charge in [0.2, 0.25) is 5.91 Å². The van der Waals surface area contributed by atoms with Crippen molar-refractivity contribution in [1.29, 1.82) is 0 Å². The van der Waals surface area contributed by atoms with E-state index in [0.717, 1.165) is 17.6 Å². The molecule has 1 unspecified atom stereocenters. The van der Waals surface area contributed by atoms with Crippen molar-refractivity contribution in [3.05, 3.63) is 62.5 Å². The normalized spacial score (nSPS) is 22.0. The molecule has 14 heteroatoms. The molecule has 12 nitrogen and oxygen atoms in total. The van der Waals surface area contributed by atoms with E-state index in [1.165, 1.54) is 36.1 Å². The summed E-state index contributed by atoms with van der Waals surface area (Å²) >= 11 is 1.15. The molecule has 1 aromatic carbocycles. The molecule has 200 valence electrons. The first-order chi connectivity index (χ1) is 17.8. The third-order valence-electron chi connectivity index (χ3n) is 6.97. The van der Waals surface area contributed by atoms with Crippen molar-refractivity contribution >= 4 is 49.1 Å². The molecular weight excluding hydrogens is 536 g/mol. The Morgan fingerprint density at radius 1 is 1.32 bits per heavy atom. The number of fused-ring (bicyclic) bond motifs is 2. The number of aryl methyl sites for hydroxylation is 1. The lowest BCUT2D eigenvalue weighted by molar-refractivity contribution is -0.384. The Labute approximate surface area is 221 Å². The van der Waals surface area contributed by atoms with Crippen LogP contribution >= 0.6 is 11.3 Å². The van der Waals surface area contributed by atoms with Gasteiger partial charge in [0.05, 0.1) is 27.9 Å². The first-order valence-corrected chi connectivity index (χ1v) is 14.4. The second-order valence-electron chi connectivity index (χ2n) is 9.52. The zero-order valence-electron chi connectivity index (χ0n) is 20.8. The number of carbonyl (C=O) groups excluding carboxylic acids is 2. The van der Waals surface area contributed by atoms with Crippen LogP contribution in [0.1, 0.15) is 30.1 Å². The topological polar surface area (TPSA) is 161 Å². The molecule has 5 rings (SSSR count). The molecule has 1 fully saturated rings. The highest BCUT2D eigenvalue weighted by Gasteiger charge is 2.60. The van der Waals surface area contributed by atoms with Crippen molar-refractivity contribution in [2.24, 2.45) is 11.8 Å². The third-order valence-corrected chi connectivity index (χ3v) is 9.21. The van der Waals surface area contributed by atoms with Crippen LogP contribution in [0.4, 0.5) is 5.69 Å². The van der Waals surface area contributed by atoms with E-state index >= 15 is 0 Å². The molecule has 38 heavy (non-hydrogen) atoms. The maximum Gasteiger partial charge on any atom is 0.355 e. The number of nitro groups is 1. The largest absolute Gasteiger partial charge is 0.456 e. The summed E-state index contributed by atoms with van der Waals surface area (Å²) in [5.41, 5.74) is 0.991. The molecule has 0 aliphatic carbocycles. The number of rotatable bonds is 7. The highest BCUT2D eigenvalue weighted by Crippen LogP contribution is 2.52. The quantitative estimate of drug-likeness (QED) is 0.198. The lowest BCUT2D eigenvalue weighted by atomic mass is 9.77. The summed E-state index contributed by atoms with van der Waals surface area (Å²) in [6.07, 6.45) is 1.84. The van der Waals surface area contributed by atoms with Gasteiger partial charge in [0.1, 0.15) is 23.0 Å². The van der Waals surface area contributed by atoms with Crippen LogP contribution in [0.15, 0.2) is 41.2 Å². The van der Waals surface area contributed by atoms with Crippen LogP contribution in [0.3, 0.4) is 0 Å². The van der Waals surface area contributed by atoms with Crippen molar-refractivity contribution < 1.29 is 32.8 Å². The summed E-state index contributed by atoms with van der Waals surface area (Å²) in [6.45, 7) is 4.87. The summed E-state index contributed by atoms with van der Waals surface area (Å²) < 4.78 is 31.8. The zero-order chi connectivity index (χ0) is 27.7. The van der Waals surface area contributed by atoms with Crippen LogP contribution < -0.4 is 0 Å². The summed E-state index contributed by atoms with van der Waals surface area (Å²) in [7, 11) is -3.62. The van der Waals surface area contributed by atoms with E-state index in [9.17, 15) is 33.2 Å². The maximum absolute atomic E-state index is 13.4. The number of hydrogen-bond donors (Lipinski definition) is 1. The molecule has 2 aliphatic rings. The second-order valence-corrected chi connectivity index (χ2v) is 12.5. The van der Waals surface area contributed by atoms with Gasteiger partial charge in [0.15, 0.2) is 14.9 Å². The van der Waals surface area contributed by atoms with Crippen molar-refractivity contribution in [1.82, 2.24) is 14.3 Å². The van der Waals surface area contributed by atoms with Gasteiger partial charge >= 0.3 is 5.97 Å². The lowest BCUT2D eigenvalue weighted by Gasteiger charge is -2.46. The number of aromatic nitrogens is 2. The Balaban J connectivity index is 1.55. The number of sulfone groups is 1. The van der Waals surface area contributed by atoms with Crippen LogP contribution in [-0.2, 0) is 30.8 Å². The molecule has 4 atom stereocenters. The number of β-lactam (4-membered cyclic amide) rings is 1. The molecule has 0 radical (unpaired) electrons. The van der Waals surface area contributed by atoms with Gasteiger partial charge in [-0.3, -0.25) is 19.3 Å². The van der Waals surface area contributed by atoms with Crippen molar-refractivity contribution in [2.45, 2.75) is 44.5 Å². The van der Waals surface area contributed by atoms with Crippen LogP contribution in [0, 0.1) is 28.9 Å². The van der Waals surface area contributed by atoms with Crippen molar-refractivity contribution in [3.8, 4) is 0 Å². The van der Waals surface area contributed by atoms with E-state index in [-0.39, 0.29) is 28.9 Å². The lowest BCUT2D eigenvalue weighted by Crippen LogP contribution is -2.63. The highest BCUT2D eigenvalue weighted by atomic mass is 32.2. The predicted molar refractivity (Wildman–Crippen MR) is 136 cm³/mol. The Morgan fingerprint density at radius 2 is 1.97 bits per heavy atom. The number of ether oxygens (including phenoxy) is 1. The Hall–Kier alpha value is -3.62. The SMILES string of the molecule is Cc1nc(S(C)(=O)=O)c2sc(C3=C(C(=O)OCc4ccc([N+](=O)[O-])cc4)N4C(=O)[C@H]([C@@H](C)O)[C@H]4C3C)cn12. The predicted octanol–water partition coefficient (Wildman–Crippen LogP) is 2.33. The molecular formula is C24H24N4O8S2. The monoisotopic (exact) mass is 560 g/mol. The average molecular weight is 561 g/mol.